The minimum absolute atomic E-state index is 0.358. The Morgan fingerprint density at radius 2 is 1.62 bits per heavy atom. The number of phosphoric acid groups is 1. The molecule has 16 heteroatoms. The molecular formula is C24H27N3O11P2. The Morgan fingerprint density at radius 3 is 2.33 bits per heavy atom. The molecule has 5 N–H and O–H groups in total. The number of nitrogens with zero attached hydrogens (tertiary/aromatic N) is 1. The molecule has 0 radical (unpaired) electrons. The number of hydrogen-bond donors (Lipinski definition) is 4. The zero-order valence-electron chi connectivity index (χ0n) is 20.8. The topological polar surface area (TPSA) is 202 Å². The van der Waals surface area contributed by atoms with Gasteiger partial charge in [-0.15, -0.1) is 0 Å². The molecule has 0 bridgehead atoms. The zero-order valence-corrected chi connectivity index (χ0v) is 22.6. The number of benzene rings is 2. The molecule has 4 unspecified atom stereocenters. The Morgan fingerprint density at radius 1 is 0.925 bits per heavy atom. The van der Waals surface area contributed by atoms with Gasteiger partial charge in [-0.2, -0.15) is 0 Å². The highest BCUT2D eigenvalue weighted by Gasteiger charge is 2.54. The highest BCUT2D eigenvalue weighted by molar-refractivity contribution is 7.63. The van der Waals surface area contributed by atoms with Crippen molar-refractivity contribution in [2.75, 3.05) is 12.3 Å². The Labute approximate surface area is 227 Å². The second kappa shape index (κ2) is 11.5. The van der Waals surface area contributed by atoms with Gasteiger partial charge < -0.3 is 29.7 Å². The summed E-state index contributed by atoms with van der Waals surface area (Å²) in [6, 6.07) is 16.5. The number of H-pyrrole nitrogens is 1. The van der Waals surface area contributed by atoms with Gasteiger partial charge in [-0.25, -0.2) is 13.7 Å². The molecule has 2 aliphatic rings. The van der Waals surface area contributed by atoms with Crippen LogP contribution in [0.1, 0.15) is 17.4 Å². The lowest BCUT2D eigenvalue weighted by Crippen LogP contribution is -2.36. The lowest BCUT2D eigenvalue weighted by Gasteiger charge is -2.22. The van der Waals surface area contributed by atoms with Crippen LogP contribution >= 0.6 is 15.4 Å². The van der Waals surface area contributed by atoms with Gasteiger partial charge in [0, 0.05) is 24.4 Å². The third-order valence-corrected chi connectivity index (χ3v) is 9.35. The number of fused-ring (bicyclic) bond motifs is 1. The van der Waals surface area contributed by atoms with E-state index in [0.717, 1.165) is 16.2 Å². The van der Waals surface area contributed by atoms with Crippen molar-refractivity contribution in [3.8, 4) is 0 Å². The van der Waals surface area contributed by atoms with Crippen LogP contribution in [0.5, 0.6) is 0 Å². The fourth-order valence-electron chi connectivity index (χ4n) is 4.52. The van der Waals surface area contributed by atoms with Crippen molar-refractivity contribution in [1.29, 1.82) is 0 Å². The number of aromatic nitrogens is 2. The van der Waals surface area contributed by atoms with Crippen molar-refractivity contribution < 1.29 is 42.0 Å². The number of phosphoric ester groups is 1. The summed E-state index contributed by atoms with van der Waals surface area (Å²) in [7, 11) is -9.67. The first-order valence-corrected chi connectivity index (χ1v) is 15.4. The molecule has 7 atom stereocenters. The van der Waals surface area contributed by atoms with Gasteiger partial charge in [0.2, 0.25) is 0 Å². The van der Waals surface area contributed by atoms with Crippen LogP contribution in [-0.2, 0) is 44.8 Å². The smallest absolute Gasteiger partial charge is 0.399 e. The largest absolute Gasteiger partial charge is 0.479 e. The molecule has 0 amide bonds. The third-order valence-electron chi connectivity index (χ3n) is 6.27. The maximum atomic E-state index is 12.6. The third kappa shape index (κ3) is 6.87. The van der Waals surface area contributed by atoms with Crippen LogP contribution in [0.3, 0.4) is 0 Å². The highest BCUT2D eigenvalue weighted by Crippen LogP contribution is 2.61. The molecule has 5 rings (SSSR count). The maximum absolute atomic E-state index is 12.6. The SMILES string of the molecule is Nc1ccc(CP(=O)(O)OP(=O)(O)OC[C@H]2O[C@@H](n3ccc(=O)[nH]c3=O)C3OC(Cc4ccccc4)O[C@H]32)cc1. The van der Waals surface area contributed by atoms with Gasteiger partial charge in [0.15, 0.2) is 12.5 Å². The summed E-state index contributed by atoms with van der Waals surface area (Å²) < 4.78 is 53.9. The van der Waals surface area contributed by atoms with Crippen LogP contribution in [0.4, 0.5) is 5.69 Å². The van der Waals surface area contributed by atoms with Crippen molar-refractivity contribution in [3.05, 3.63) is 98.8 Å². The molecule has 0 aliphatic carbocycles. The average molecular weight is 595 g/mol. The van der Waals surface area contributed by atoms with E-state index in [1.54, 1.807) is 0 Å². The fraction of sp³-hybridized carbons (Fsp3) is 0.333. The van der Waals surface area contributed by atoms with Gasteiger partial charge in [0.1, 0.15) is 18.3 Å². The van der Waals surface area contributed by atoms with Crippen LogP contribution in [0.15, 0.2) is 76.4 Å². The Kier molecular flexibility index (Phi) is 8.25. The number of nitrogen functional groups attached to an aromatic ring is 1. The van der Waals surface area contributed by atoms with E-state index in [0.29, 0.717) is 17.7 Å². The predicted molar refractivity (Wildman–Crippen MR) is 140 cm³/mol. The van der Waals surface area contributed by atoms with E-state index in [2.05, 4.69) is 9.29 Å². The number of hydrogen-bond acceptors (Lipinski definition) is 10. The lowest BCUT2D eigenvalue weighted by atomic mass is 10.1. The second-order valence-corrected chi connectivity index (χ2v) is 12.7. The number of rotatable bonds is 10. The fourth-order valence-corrected chi connectivity index (χ4v) is 7.24. The zero-order chi connectivity index (χ0) is 28.5. The lowest BCUT2D eigenvalue weighted by molar-refractivity contribution is -0.150. The normalized spacial score (nSPS) is 27.1. The first-order valence-electron chi connectivity index (χ1n) is 12.1. The van der Waals surface area contributed by atoms with Crippen LogP contribution < -0.4 is 17.0 Å². The van der Waals surface area contributed by atoms with Crippen molar-refractivity contribution in [1.82, 2.24) is 9.55 Å². The number of anilines is 1. The Balaban J connectivity index is 1.29. The second-order valence-electron chi connectivity index (χ2n) is 9.29. The summed E-state index contributed by atoms with van der Waals surface area (Å²) in [6.45, 7) is -0.604. The molecule has 0 spiro atoms. The monoisotopic (exact) mass is 595 g/mol. The molecular weight excluding hydrogens is 568 g/mol. The molecule has 3 aromatic rings. The van der Waals surface area contributed by atoms with Crippen LogP contribution in [0.2, 0.25) is 0 Å². The molecule has 2 aliphatic heterocycles. The number of ether oxygens (including phenoxy) is 3. The summed E-state index contributed by atoms with van der Waals surface area (Å²) in [4.78, 5) is 46.6. The molecule has 2 aromatic carbocycles. The summed E-state index contributed by atoms with van der Waals surface area (Å²) in [6.07, 6.45) is -3.51. The van der Waals surface area contributed by atoms with E-state index >= 15 is 0 Å². The molecule has 0 saturated carbocycles. The van der Waals surface area contributed by atoms with E-state index in [4.69, 9.17) is 24.5 Å². The van der Waals surface area contributed by atoms with Crippen molar-refractivity contribution in [2.24, 2.45) is 0 Å². The average Bonchev–Trinajstić information content (AvgIpc) is 3.43. The van der Waals surface area contributed by atoms with Gasteiger partial charge in [-0.3, -0.25) is 23.4 Å². The Hall–Kier alpha value is -2.90. The summed E-state index contributed by atoms with van der Waals surface area (Å²) in [5.74, 6) is 0. The van der Waals surface area contributed by atoms with E-state index < -0.39 is 70.3 Å². The minimum atomic E-state index is -5.06. The van der Waals surface area contributed by atoms with Gasteiger partial charge in [0.25, 0.3) is 5.56 Å². The first-order chi connectivity index (χ1) is 19.0. The minimum Gasteiger partial charge on any atom is -0.399 e. The van der Waals surface area contributed by atoms with E-state index in [1.807, 2.05) is 30.3 Å². The first kappa shape index (κ1) is 28.6. The summed E-state index contributed by atoms with van der Waals surface area (Å²) in [5, 5.41) is 0. The van der Waals surface area contributed by atoms with E-state index in [9.17, 15) is 28.5 Å². The maximum Gasteiger partial charge on any atom is 0.479 e. The molecule has 1 aromatic heterocycles. The number of nitrogens with two attached hydrogens (primary N) is 1. The number of nitrogens with one attached hydrogen (secondary N) is 1. The highest BCUT2D eigenvalue weighted by atomic mass is 31.3. The van der Waals surface area contributed by atoms with Crippen molar-refractivity contribution in [3.63, 3.8) is 0 Å². The quantitative estimate of drug-likeness (QED) is 0.196. The molecule has 40 heavy (non-hydrogen) atoms. The predicted octanol–water partition coefficient (Wildman–Crippen LogP) is 1.89. The summed E-state index contributed by atoms with van der Waals surface area (Å²) >= 11 is 0. The molecule has 14 nitrogen and oxygen atoms in total. The Bertz CT molecular complexity index is 1550. The van der Waals surface area contributed by atoms with Crippen LogP contribution in [0.25, 0.3) is 0 Å². The van der Waals surface area contributed by atoms with E-state index in [-0.39, 0.29) is 0 Å². The van der Waals surface area contributed by atoms with Crippen LogP contribution in [0, 0.1) is 0 Å². The molecule has 2 saturated heterocycles. The van der Waals surface area contributed by atoms with Crippen LogP contribution in [-0.4, -0.2) is 50.5 Å². The van der Waals surface area contributed by atoms with Gasteiger partial charge in [-0.05, 0) is 23.3 Å². The van der Waals surface area contributed by atoms with E-state index in [1.165, 1.54) is 30.5 Å². The van der Waals surface area contributed by atoms with Crippen molar-refractivity contribution in [2.45, 2.75) is 43.4 Å². The molecule has 2 fully saturated rings. The van der Waals surface area contributed by atoms with Gasteiger partial charge in [-0.1, -0.05) is 42.5 Å². The molecule has 214 valence electrons. The van der Waals surface area contributed by atoms with Gasteiger partial charge >= 0.3 is 21.1 Å². The van der Waals surface area contributed by atoms with Crippen molar-refractivity contribution >= 4 is 21.1 Å². The summed E-state index contributed by atoms with van der Waals surface area (Å²) in [5.41, 5.74) is 5.96. The standard InChI is InChI=1S/C24H27N3O11P2/c25-17-8-6-16(7-9-17)14-39(30,31)38-40(32,33)34-13-18-21-22(23(35-18)27-11-10-19(28)26-24(27)29)37-20(36-21)12-15-4-2-1-3-5-15/h1-11,18,20-23H,12-14,25H2,(H,30,31)(H,32,33)(H,26,28,29)/t18-,20?,21+,22?,23-/m1/s1. The number of aromatic amines is 1. The van der Waals surface area contributed by atoms with Gasteiger partial charge in [0.05, 0.1) is 12.8 Å². The molecule has 3 heterocycles.